The molecule has 236 valence electrons. The maximum atomic E-state index is 13.7. The Labute approximate surface area is 262 Å². The summed E-state index contributed by atoms with van der Waals surface area (Å²) in [4.78, 5) is 30.6. The van der Waals surface area contributed by atoms with Crippen LogP contribution in [0.15, 0.2) is 66.7 Å². The Morgan fingerprint density at radius 3 is 1.80 bits per heavy atom. The molecule has 0 bridgehead atoms. The summed E-state index contributed by atoms with van der Waals surface area (Å²) >= 11 is 0. The average Bonchev–Trinajstić information content (AvgIpc) is 3.47. The highest BCUT2D eigenvalue weighted by molar-refractivity contribution is 5.95. The van der Waals surface area contributed by atoms with E-state index < -0.39 is 0 Å². The van der Waals surface area contributed by atoms with E-state index in [2.05, 4.69) is 47.6 Å². The van der Waals surface area contributed by atoms with Crippen molar-refractivity contribution in [1.29, 1.82) is 0 Å². The van der Waals surface area contributed by atoms with Gasteiger partial charge in [-0.2, -0.15) is 0 Å². The summed E-state index contributed by atoms with van der Waals surface area (Å²) in [6.07, 6.45) is 3.46. The zero-order valence-corrected chi connectivity index (χ0v) is 27.4. The molecule has 3 aromatic carbocycles. The summed E-state index contributed by atoms with van der Waals surface area (Å²) in [6.45, 7) is 14.2. The molecule has 1 aliphatic rings. The highest BCUT2D eigenvalue weighted by Gasteiger charge is 2.32. The normalized spacial score (nSPS) is 15.6. The average molecular weight is 603 g/mol. The number of hydrogen-bond donors (Lipinski definition) is 0. The van der Waals surface area contributed by atoms with Gasteiger partial charge in [-0.3, -0.25) is 9.59 Å². The summed E-state index contributed by atoms with van der Waals surface area (Å²) in [5.74, 6) is -0.484. The molecule has 1 heterocycles. The molecule has 0 aromatic heterocycles. The molecule has 1 aliphatic heterocycles. The summed E-state index contributed by atoms with van der Waals surface area (Å²) in [7, 11) is 1.85. The van der Waals surface area contributed by atoms with E-state index in [4.69, 9.17) is 0 Å². The lowest BCUT2D eigenvalue weighted by Gasteiger charge is -2.27. The number of carbonyl (C=O) groups is 2. The minimum Gasteiger partial charge on any atom is -0.341 e. The van der Waals surface area contributed by atoms with Crippen molar-refractivity contribution in [2.24, 2.45) is 0 Å². The number of halogens is 2. The number of likely N-dealkylation sites (N-methyl/N-ethyl adjacent to an activating group) is 1. The third-order valence-corrected chi connectivity index (χ3v) is 8.98. The molecule has 1 saturated heterocycles. The van der Waals surface area contributed by atoms with Crippen molar-refractivity contribution < 1.29 is 18.4 Å². The third-order valence-electron chi connectivity index (χ3n) is 8.98. The van der Waals surface area contributed by atoms with Crippen molar-refractivity contribution in [3.8, 4) is 0 Å². The molecule has 0 unspecified atom stereocenters. The van der Waals surface area contributed by atoms with Crippen LogP contribution in [0.25, 0.3) is 0 Å². The first kappa shape index (κ1) is 33.4. The van der Waals surface area contributed by atoms with E-state index in [1.54, 1.807) is 24.3 Å². The lowest BCUT2D eigenvalue weighted by Crippen LogP contribution is -2.40. The van der Waals surface area contributed by atoms with E-state index in [0.717, 1.165) is 41.5 Å². The zero-order chi connectivity index (χ0) is 32.2. The number of nitrogens with zero attached hydrogens (tertiary/aromatic N) is 2. The predicted molar refractivity (Wildman–Crippen MR) is 174 cm³/mol. The Morgan fingerprint density at radius 2 is 1.32 bits per heavy atom. The van der Waals surface area contributed by atoms with Crippen molar-refractivity contribution in [3.05, 3.63) is 106 Å². The quantitative estimate of drug-likeness (QED) is 0.230. The Kier molecular flexibility index (Phi) is 10.3. The molecule has 0 spiro atoms. The smallest absolute Gasteiger partial charge is 0.253 e. The van der Waals surface area contributed by atoms with E-state index in [9.17, 15) is 18.4 Å². The van der Waals surface area contributed by atoms with E-state index in [1.807, 2.05) is 29.0 Å². The van der Waals surface area contributed by atoms with E-state index in [1.165, 1.54) is 24.3 Å². The SMILES string of the molecule is CN(C(=O)CCCCC(c1ccc(F)cc1)c1ccc(F)cc1)[C@H]1CCN(C(=O)c2cc(C(C)(C)C)cc(C(C)(C)C)c2)C1. The lowest BCUT2D eigenvalue weighted by molar-refractivity contribution is -0.131. The molecule has 6 heteroatoms. The van der Waals surface area contributed by atoms with Crippen molar-refractivity contribution >= 4 is 11.8 Å². The first-order valence-corrected chi connectivity index (χ1v) is 15.9. The van der Waals surface area contributed by atoms with Crippen LogP contribution < -0.4 is 0 Å². The second-order valence-electron chi connectivity index (χ2n) is 14.4. The van der Waals surface area contributed by atoms with E-state index in [-0.39, 0.29) is 46.2 Å². The molecule has 0 N–H and O–H groups in total. The number of unbranched alkanes of at least 4 members (excludes halogenated alkanes) is 1. The molecule has 0 saturated carbocycles. The summed E-state index contributed by atoms with van der Waals surface area (Å²) in [5.41, 5.74) is 4.81. The Morgan fingerprint density at radius 1 is 0.818 bits per heavy atom. The maximum Gasteiger partial charge on any atom is 0.253 e. The van der Waals surface area contributed by atoms with Gasteiger partial charge in [0.25, 0.3) is 5.91 Å². The summed E-state index contributed by atoms with van der Waals surface area (Å²) in [5, 5.41) is 0. The first-order chi connectivity index (χ1) is 20.6. The highest BCUT2D eigenvalue weighted by Crippen LogP contribution is 2.32. The topological polar surface area (TPSA) is 40.6 Å². The molecule has 1 fully saturated rings. The Balaban J connectivity index is 1.34. The molecule has 3 aromatic rings. The number of likely N-dealkylation sites (tertiary alicyclic amines) is 1. The largest absolute Gasteiger partial charge is 0.341 e. The predicted octanol–water partition coefficient (Wildman–Crippen LogP) is 8.63. The minimum atomic E-state index is -0.291. The Hall–Kier alpha value is -3.54. The number of amides is 2. The van der Waals surface area contributed by atoms with Crippen LogP contribution in [0.1, 0.15) is 112 Å². The molecule has 4 nitrogen and oxygen atoms in total. The summed E-state index contributed by atoms with van der Waals surface area (Å²) < 4.78 is 27.1. The monoisotopic (exact) mass is 602 g/mol. The standard InChI is InChI=1S/C38H48F2N2O2/c1-37(2,3)29-22-28(23-30(24-29)38(4,5)6)36(44)42-21-20-33(25-42)41(7)35(43)11-9-8-10-34(26-12-16-31(39)17-13-26)27-14-18-32(40)19-15-27/h12-19,22-24,33-34H,8-11,20-21,25H2,1-7H3/t33-/m0/s1. The fraction of sp³-hybridized carbons (Fsp3) is 0.474. The first-order valence-electron chi connectivity index (χ1n) is 15.9. The van der Waals surface area contributed by atoms with Crippen LogP contribution in [-0.4, -0.2) is 47.8 Å². The number of benzene rings is 3. The van der Waals surface area contributed by atoms with E-state index >= 15 is 0 Å². The summed E-state index contributed by atoms with van der Waals surface area (Å²) in [6, 6.07) is 19.2. The highest BCUT2D eigenvalue weighted by atomic mass is 19.1. The number of hydrogen-bond acceptors (Lipinski definition) is 2. The van der Waals surface area contributed by atoms with Gasteiger partial charge in [0.1, 0.15) is 11.6 Å². The minimum absolute atomic E-state index is 0.00554. The van der Waals surface area contributed by atoms with Gasteiger partial charge < -0.3 is 9.80 Å². The van der Waals surface area contributed by atoms with Gasteiger partial charge in [0, 0.05) is 38.0 Å². The molecule has 1 atom stereocenters. The van der Waals surface area contributed by atoms with Crippen LogP contribution in [-0.2, 0) is 15.6 Å². The van der Waals surface area contributed by atoms with Crippen LogP contribution in [0.4, 0.5) is 8.78 Å². The van der Waals surface area contributed by atoms with Gasteiger partial charge in [-0.1, -0.05) is 78.3 Å². The van der Waals surface area contributed by atoms with Gasteiger partial charge in [0.2, 0.25) is 5.91 Å². The van der Waals surface area contributed by atoms with Gasteiger partial charge in [-0.15, -0.1) is 0 Å². The third kappa shape index (κ3) is 8.34. The van der Waals surface area contributed by atoms with Crippen molar-refractivity contribution in [1.82, 2.24) is 9.80 Å². The second kappa shape index (κ2) is 13.6. The van der Waals surface area contributed by atoms with Crippen LogP contribution in [0.2, 0.25) is 0 Å². The van der Waals surface area contributed by atoms with Crippen molar-refractivity contribution in [2.45, 2.75) is 96.4 Å². The molecule has 44 heavy (non-hydrogen) atoms. The van der Waals surface area contributed by atoms with Crippen molar-refractivity contribution in [2.75, 3.05) is 20.1 Å². The fourth-order valence-electron chi connectivity index (χ4n) is 5.96. The molecule has 0 radical (unpaired) electrons. The van der Waals surface area contributed by atoms with Gasteiger partial charge in [-0.05, 0) is 88.7 Å². The maximum absolute atomic E-state index is 13.7. The lowest BCUT2D eigenvalue weighted by atomic mass is 9.79. The van der Waals surface area contributed by atoms with Crippen LogP contribution >= 0.6 is 0 Å². The van der Waals surface area contributed by atoms with E-state index in [0.29, 0.717) is 31.5 Å². The molecule has 4 rings (SSSR count). The second-order valence-corrected chi connectivity index (χ2v) is 14.4. The van der Waals surface area contributed by atoms with Crippen LogP contribution in [0, 0.1) is 11.6 Å². The van der Waals surface area contributed by atoms with Crippen molar-refractivity contribution in [3.63, 3.8) is 0 Å². The molecular weight excluding hydrogens is 554 g/mol. The molecular formula is C38H48F2N2O2. The van der Waals surface area contributed by atoms with Gasteiger partial charge >= 0.3 is 0 Å². The number of carbonyl (C=O) groups excluding carboxylic acids is 2. The van der Waals surface area contributed by atoms with Gasteiger partial charge in [0.05, 0.1) is 6.04 Å². The van der Waals surface area contributed by atoms with Crippen LogP contribution in [0.3, 0.4) is 0 Å². The van der Waals surface area contributed by atoms with Gasteiger partial charge in [-0.25, -0.2) is 8.78 Å². The van der Waals surface area contributed by atoms with Crippen LogP contribution in [0.5, 0.6) is 0 Å². The molecule has 0 aliphatic carbocycles. The van der Waals surface area contributed by atoms with Gasteiger partial charge in [0.15, 0.2) is 0 Å². The molecule has 2 amide bonds. The Bertz CT molecular complexity index is 1360. The zero-order valence-electron chi connectivity index (χ0n) is 27.4. The fourth-order valence-corrected chi connectivity index (χ4v) is 5.96. The number of rotatable bonds is 9.